The molecule has 0 N–H and O–H groups in total. The van der Waals surface area contributed by atoms with Crippen LogP contribution in [0.4, 0.5) is 0 Å². The summed E-state index contributed by atoms with van der Waals surface area (Å²) < 4.78 is 2.51. The van der Waals surface area contributed by atoms with Gasteiger partial charge in [0.15, 0.2) is 0 Å². The van der Waals surface area contributed by atoms with E-state index in [1.165, 1.54) is 143 Å². The highest BCUT2D eigenvalue weighted by Gasteiger charge is 2.46. The molecule has 1 aromatic heterocycles. The Morgan fingerprint density at radius 1 is 0.202 bits per heavy atom. The molecule has 1 aliphatic rings. The fourth-order valence-electron chi connectivity index (χ4n) is 14.4. The maximum Gasteiger partial charge on any atom is 0.0714 e. The van der Waals surface area contributed by atoms with Crippen molar-refractivity contribution in [2.24, 2.45) is 0 Å². The Kier molecular flexibility index (Phi) is 10.9. The first kappa shape index (κ1) is 47.9. The fourth-order valence-corrected chi connectivity index (χ4v) is 14.4. The van der Waals surface area contributed by atoms with Gasteiger partial charge in [0.1, 0.15) is 0 Å². The Labute approximate surface area is 488 Å². The molecule has 17 rings (SSSR count). The van der Waals surface area contributed by atoms with Crippen LogP contribution in [-0.2, 0) is 5.41 Å². The lowest BCUT2D eigenvalue weighted by Crippen LogP contribution is -2.28. The van der Waals surface area contributed by atoms with Crippen LogP contribution >= 0.6 is 0 Å². The Balaban J connectivity index is 0.845. The third kappa shape index (κ3) is 7.42. The molecule has 16 aromatic rings. The van der Waals surface area contributed by atoms with Crippen LogP contribution in [0.25, 0.3) is 137 Å². The van der Waals surface area contributed by atoms with Gasteiger partial charge in [0.05, 0.1) is 16.4 Å². The second kappa shape index (κ2) is 19.1. The number of benzene rings is 15. The third-order valence-corrected chi connectivity index (χ3v) is 18.3. The molecule has 0 radical (unpaired) electrons. The zero-order valence-electron chi connectivity index (χ0n) is 46.0. The van der Waals surface area contributed by atoms with Gasteiger partial charge in [-0.25, -0.2) is 0 Å². The average molecular weight is 1060 g/mol. The molecule has 0 atom stereocenters. The topological polar surface area (TPSA) is 4.93 Å². The molecule has 84 heavy (non-hydrogen) atoms. The van der Waals surface area contributed by atoms with E-state index in [4.69, 9.17) is 0 Å². The molecule has 0 saturated carbocycles. The first-order valence-corrected chi connectivity index (χ1v) is 29.2. The Hall–Kier alpha value is -10.9. The van der Waals surface area contributed by atoms with E-state index in [9.17, 15) is 0 Å². The van der Waals surface area contributed by atoms with Crippen LogP contribution in [0.15, 0.2) is 322 Å². The molecule has 1 heteroatoms. The van der Waals surface area contributed by atoms with E-state index in [1.54, 1.807) is 0 Å². The lowest BCUT2D eigenvalue weighted by Gasteiger charge is -2.34. The molecule has 0 aliphatic heterocycles. The number of rotatable bonds is 8. The Morgan fingerprint density at radius 3 is 1.06 bits per heavy atom. The van der Waals surface area contributed by atoms with Gasteiger partial charge in [-0.05, 0) is 187 Å². The van der Waals surface area contributed by atoms with Crippen molar-refractivity contribution >= 4 is 64.9 Å². The van der Waals surface area contributed by atoms with Gasteiger partial charge >= 0.3 is 0 Å². The monoisotopic (exact) mass is 1060 g/mol. The molecule has 0 amide bonds. The maximum atomic E-state index is 2.51. The average Bonchev–Trinajstić information content (AvgIpc) is 4.23. The Bertz CT molecular complexity index is 5010. The van der Waals surface area contributed by atoms with Crippen LogP contribution in [0.2, 0.25) is 0 Å². The molecule has 0 unspecified atom stereocenters. The summed E-state index contributed by atoms with van der Waals surface area (Å²) in [6, 6.07) is 120. The largest absolute Gasteiger partial charge is 0.309 e. The van der Waals surface area contributed by atoms with Gasteiger partial charge in [0, 0.05) is 16.5 Å². The van der Waals surface area contributed by atoms with E-state index in [2.05, 4.69) is 326 Å². The molecular formula is C83H53N. The standard InChI is InChI=1S/C83H53N/c1-4-18-54(19-5-1)61-40-44-73-74-45-43-66(53-80(74)83(79(73)52-61,64-22-6-2-7-23-64)65-24-8-3-9-25-65)84-81-46-41-59(55-32-36-57(37-33-55)75-50-62-20-10-12-26-67(62)69-28-14-16-30-71(69)75)48-77(81)78-49-60(42-47-82(78)84)56-34-38-58(39-35-56)76-51-63-21-11-13-27-68(63)70-29-15-17-31-72(70)76/h1-53H. The number of nitrogens with zero attached hydrogens (tertiary/aromatic N) is 1. The molecule has 1 nitrogen and oxygen atoms in total. The highest BCUT2D eigenvalue weighted by molar-refractivity contribution is 6.16. The van der Waals surface area contributed by atoms with Crippen LogP contribution in [0.5, 0.6) is 0 Å². The van der Waals surface area contributed by atoms with E-state index in [0.717, 1.165) is 16.7 Å². The van der Waals surface area contributed by atoms with Crippen molar-refractivity contribution in [2.45, 2.75) is 5.41 Å². The van der Waals surface area contributed by atoms with Crippen LogP contribution < -0.4 is 0 Å². The van der Waals surface area contributed by atoms with Crippen LogP contribution in [0.1, 0.15) is 22.3 Å². The lowest BCUT2D eigenvalue weighted by atomic mass is 9.67. The minimum Gasteiger partial charge on any atom is -0.309 e. The normalized spacial score (nSPS) is 12.6. The number of fused-ring (bicyclic) bond motifs is 12. The minimum atomic E-state index is -0.594. The van der Waals surface area contributed by atoms with E-state index in [-0.39, 0.29) is 0 Å². The summed E-state index contributed by atoms with van der Waals surface area (Å²) in [6.45, 7) is 0. The third-order valence-electron chi connectivity index (χ3n) is 18.3. The first-order valence-electron chi connectivity index (χ1n) is 29.2. The van der Waals surface area contributed by atoms with Gasteiger partial charge in [-0.1, -0.05) is 267 Å². The molecule has 1 aliphatic carbocycles. The van der Waals surface area contributed by atoms with Gasteiger partial charge < -0.3 is 4.57 Å². The van der Waals surface area contributed by atoms with E-state index >= 15 is 0 Å². The van der Waals surface area contributed by atoms with Crippen molar-refractivity contribution in [3.05, 3.63) is 344 Å². The second-order valence-corrected chi connectivity index (χ2v) is 22.7. The Morgan fingerprint density at radius 2 is 0.560 bits per heavy atom. The first-order chi connectivity index (χ1) is 41.6. The van der Waals surface area contributed by atoms with E-state index < -0.39 is 5.41 Å². The van der Waals surface area contributed by atoms with Crippen molar-refractivity contribution in [1.29, 1.82) is 0 Å². The van der Waals surface area contributed by atoms with Gasteiger partial charge in [-0.3, -0.25) is 0 Å². The summed E-state index contributed by atoms with van der Waals surface area (Å²) in [5.41, 5.74) is 22.5. The molecule has 390 valence electrons. The van der Waals surface area contributed by atoms with Crippen molar-refractivity contribution in [2.75, 3.05) is 0 Å². The molecule has 0 fully saturated rings. The molecule has 15 aromatic carbocycles. The highest BCUT2D eigenvalue weighted by atomic mass is 15.0. The lowest BCUT2D eigenvalue weighted by molar-refractivity contribution is 0.768. The maximum absolute atomic E-state index is 2.51. The van der Waals surface area contributed by atoms with Crippen molar-refractivity contribution in [3.63, 3.8) is 0 Å². The van der Waals surface area contributed by atoms with Gasteiger partial charge in [-0.15, -0.1) is 0 Å². The predicted molar refractivity (Wildman–Crippen MR) is 355 cm³/mol. The quantitative estimate of drug-likeness (QED) is 0.134. The van der Waals surface area contributed by atoms with Crippen molar-refractivity contribution < 1.29 is 0 Å². The SMILES string of the molecule is c1ccc(-c2ccc3c(c2)C(c2ccccc2)(c2ccccc2)c2cc(-n4c5ccc(-c6ccc(-c7cc8ccccc8c8ccccc78)cc6)cc5c5cc(-c6ccc(-c7cc8ccccc8c8ccccc78)cc6)ccc54)ccc2-3)cc1. The number of aromatic nitrogens is 1. The smallest absolute Gasteiger partial charge is 0.0714 e. The second-order valence-electron chi connectivity index (χ2n) is 22.7. The molecule has 1 heterocycles. The molecular weight excluding hydrogens is 1010 g/mol. The minimum absolute atomic E-state index is 0.594. The zero-order chi connectivity index (χ0) is 55.3. The molecule has 0 bridgehead atoms. The van der Waals surface area contributed by atoms with Crippen molar-refractivity contribution in [1.82, 2.24) is 4.57 Å². The van der Waals surface area contributed by atoms with Crippen LogP contribution in [0.3, 0.4) is 0 Å². The van der Waals surface area contributed by atoms with Crippen LogP contribution in [-0.4, -0.2) is 4.57 Å². The zero-order valence-corrected chi connectivity index (χ0v) is 46.0. The molecule has 0 spiro atoms. The van der Waals surface area contributed by atoms with Crippen molar-refractivity contribution in [3.8, 4) is 72.4 Å². The predicted octanol–water partition coefficient (Wildman–Crippen LogP) is 22.1. The summed E-state index contributed by atoms with van der Waals surface area (Å²) in [5, 5.41) is 12.6. The van der Waals surface area contributed by atoms with Gasteiger partial charge in [-0.2, -0.15) is 0 Å². The number of hydrogen-bond donors (Lipinski definition) is 0. The van der Waals surface area contributed by atoms with Crippen LogP contribution in [0, 0.1) is 0 Å². The van der Waals surface area contributed by atoms with Gasteiger partial charge in [0.2, 0.25) is 0 Å². The summed E-state index contributed by atoms with van der Waals surface area (Å²) in [7, 11) is 0. The van der Waals surface area contributed by atoms with Gasteiger partial charge in [0.25, 0.3) is 0 Å². The summed E-state index contributed by atoms with van der Waals surface area (Å²) in [6.07, 6.45) is 0. The summed E-state index contributed by atoms with van der Waals surface area (Å²) >= 11 is 0. The molecule has 0 saturated heterocycles. The highest BCUT2D eigenvalue weighted by Crippen LogP contribution is 2.57. The summed E-state index contributed by atoms with van der Waals surface area (Å²) in [5.74, 6) is 0. The summed E-state index contributed by atoms with van der Waals surface area (Å²) in [4.78, 5) is 0. The van der Waals surface area contributed by atoms with E-state index in [0.29, 0.717) is 0 Å². The number of hydrogen-bond acceptors (Lipinski definition) is 0. The fraction of sp³-hybridized carbons (Fsp3) is 0.0120. The van der Waals surface area contributed by atoms with E-state index in [1.807, 2.05) is 0 Å².